The molecule has 0 saturated carbocycles. The number of carbonyl (C=O) groups excluding carboxylic acids is 1. The zero-order chi connectivity index (χ0) is 17.9. The van der Waals surface area contributed by atoms with Crippen LogP contribution in [0.5, 0.6) is 5.75 Å². The van der Waals surface area contributed by atoms with Crippen LogP contribution in [-0.4, -0.2) is 30.7 Å². The van der Waals surface area contributed by atoms with Crippen molar-refractivity contribution in [1.82, 2.24) is 0 Å². The monoisotopic (exact) mass is 374 g/mol. The van der Waals surface area contributed by atoms with Gasteiger partial charge in [-0.05, 0) is 24.1 Å². The summed E-state index contributed by atoms with van der Waals surface area (Å²) in [7, 11) is -2.14. The number of rotatable bonds is 7. The van der Waals surface area contributed by atoms with E-state index in [2.05, 4.69) is 6.58 Å². The highest BCUT2D eigenvalue weighted by molar-refractivity contribution is 6.80. The molecule has 1 atom stereocenters. The van der Waals surface area contributed by atoms with Crippen LogP contribution in [0.3, 0.4) is 0 Å². The van der Waals surface area contributed by atoms with Gasteiger partial charge in [-0.25, -0.2) is 4.79 Å². The molecule has 0 fully saturated rings. The first-order valence-corrected chi connectivity index (χ1v) is 11.4. The number of benzene rings is 1. The van der Waals surface area contributed by atoms with Gasteiger partial charge in [-0.15, -0.1) is 0 Å². The highest BCUT2D eigenvalue weighted by Crippen LogP contribution is 2.37. The Bertz CT molecular complexity index is 650. The molecule has 0 aromatic heterocycles. The second-order valence-electron chi connectivity index (χ2n) is 6.23. The van der Waals surface area contributed by atoms with Crippen LogP contribution in [0.2, 0.25) is 29.7 Å². The molecule has 4 nitrogen and oxygen atoms in total. The van der Waals surface area contributed by atoms with E-state index in [4.69, 9.17) is 27.9 Å². The lowest BCUT2D eigenvalue weighted by Gasteiger charge is -2.26. The van der Waals surface area contributed by atoms with E-state index in [1.54, 1.807) is 0 Å². The van der Waals surface area contributed by atoms with Crippen molar-refractivity contribution in [2.24, 2.45) is 0 Å². The van der Waals surface area contributed by atoms with Gasteiger partial charge in [0.2, 0.25) is 0 Å². The van der Waals surface area contributed by atoms with Crippen molar-refractivity contribution < 1.29 is 19.4 Å². The zero-order valence-corrected chi connectivity index (χ0v) is 16.1. The van der Waals surface area contributed by atoms with Crippen molar-refractivity contribution in [3.63, 3.8) is 0 Å². The first-order chi connectivity index (χ1) is 10.5. The predicted molar refractivity (Wildman–Crippen MR) is 95.6 cm³/mol. The fraction of sp³-hybridized carbons (Fsp3) is 0.375. The number of halogens is 2. The molecule has 0 aliphatic carbocycles. The molecule has 126 valence electrons. The van der Waals surface area contributed by atoms with E-state index in [-0.39, 0.29) is 27.1 Å². The number of allylic oxidation sites excluding steroid dienone is 1. The molecule has 1 aromatic carbocycles. The van der Waals surface area contributed by atoms with Gasteiger partial charge in [-0.3, -0.25) is 4.79 Å². The Hall–Kier alpha value is -1.30. The van der Waals surface area contributed by atoms with Crippen LogP contribution < -0.4 is 4.74 Å². The van der Waals surface area contributed by atoms with Gasteiger partial charge >= 0.3 is 5.97 Å². The lowest BCUT2D eigenvalue weighted by atomic mass is 10.0. The van der Waals surface area contributed by atoms with Gasteiger partial charge in [-0.1, -0.05) is 56.3 Å². The molecule has 0 heterocycles. The van der Waals surface area contributed by atoms with E-state index >= 15 is 0 Å². The van der Waals surface area contributed by atoms with Crippen LogP contribution in [-0.2, 0) is 4.79 Å². The van der Waals surface area contributed by atoms with Crippen molar-refractivity contribution in [2.45, 2.75) is 38.7 Å². The molecule has 0 aliphatic heterocycles. The fourth-order valence-electron chi connectivity index (χ4n) is 1.87. The van der Waals surface area contributed by atoms with Gasteiger partial charge in [0.1, 0.15) is 18.8 Å². The van der Waals surface area contributed by atoms with Gasteiger partial charge in [0.15, 0.2) is 11.5 Å². The summed E-state index contributed by atoms with van der Waals surface area (Å²) in [6.45, 7) is 11.1. The van der Waals surface area contributed by atoms with Gasteiger partial charge in [-0.2, -0.15) is 0 Å². The normalized spacial score (nSPS) is 12.6. The number of carbonyl (C=O) groups is 2. The molecule has 7 heteroatoms. The van der Waals surface area contributed by atoms with E-state index in [1.807, 2.05) is 26.6 Å². The molecule has 0 radical (unpaired) electrons. The largest absolute Gasteiger partial charge is 0.481 e. The molecule has 0 bridgehead atoms. The number of ketones is 1. The van der Waals surface area contributed by atoms with Crippen LogP contribution in [0.15, 0.2) is 24.3 Å². The van der Waals surface area contributed by atoms with E-state index < -0.39 is 19.8 Å². The van der Waals surface area contributed by atoms with Crippen molar-refractivity contribution in [2.75, 3.05) is 0 Å². The average Bonchev–Trinajstić information content (AvgIpc) is 2.45. The Morgan fingerprint density at radius 1 is 1.26 bits per heavy atom. The minimum atomic E-state index is -2.14. The van der Waals surface area contributed by atoms with Gasteiger partial charge in [0, 0.05) is 5.56 Å². The lowest BCUT2D eigenvalue weighted by Crippen LogP contribution is -2.48. The Kier molecular flexibility index (Phi) is 6.45. The molecule has 1 N–H and O–H groups in total. The lowest BCUT2D eigenvalue weighted by molar-refractivity contribution is -0.141. The van der Waals surface area contributed by atoms with Crippen molar-refractivity contribution in [3.05, 3.63) is 39.9 Å². The Morgan fingerprint density at radius 3 is 2.26 bits per heavy atom. The molecular formula is C16H20Cl2O4Si. The Balaban J connectivity index is 3.22. The van der Waals surface area contributed by atoms with Gasteiger partial charge in [0.05, 0.1) is 5.02 Å². The molecule has 1 aromatic rings. The third-order valence-corrected chi connectivity index (χ3v) is 6.10. The molecule has 23 heavy (non-hydrogen) atoms. The summed E-state index contributed by atoms with van der Waals surface area (Å²) in [5, 5.41) is 9.42. The second kappa shape index (κ2) is 7.51. The fourth-order valence-corrected chi connectivity index (χ4v) is 3.55. The summed E-state index contributed by atoms with van der Waals surface area (Å²) in [4.78, 5) is 23.6. The van der Waals surface area contributed by atoms with Gasteiger partial charge < -0.3 is 9.84 Å². The molecule has 0 saturated heterocycles. The molecular weight excluding hydrogens is 355 g/mol. The quantitative estimate of drug-likeness (QED) is 0.420. The second-order valence-corrected chi connectivity index (χ2v) is 12.2. The first kappa shape index (κ1) is 19.7. The standard InChI is InChI=1S/C16H20Cl2O4Si/c1-6-9(2)14(19)10-7-8-11(13(18)12(10)17)22-16(15(20)21)23(3,4)5/h7-8,16H,2,6H2,1,3-5H3,(H,20,21). The molecule has 0 aliphatic rings. The summed E-state index contributed by atoms with van der Waals surface area (Å²) in [5.41, 5.74) is -0.318. The Morgan fingerprint density at radius 2 is 1.83 bits per heavy atom. The number of ether oxygens (including phenoxy) is 1. The number of carboxylic acids is 1. The van der Waals surface area contributed by atoms with E-state index in [0.29, 0.717) is 12.0 Å². The molecule has 0 amide bonds. The van der Waals surface area contributed by atoms with E-state index in [9.17, 15) is 14.7 Å². The van der Waals surface area contributed by atoms with Crippen LogP contribution in [0.1, 0.15) is 23.7 Å². The molecule has 1 unspecified atom stereocenters. The van der Waals surface area contributed by atoms with Crippen LogP contribution in [0.25, 0.3) is 0 Å². The smallest absolute Gasteiger partial charge is 0.340 e. The summed E-state index contributed by atoms with van der Waals surface area (Å²) in [6, 6.07) is 2.95. The first-order valence-electron chi connectivity index (χ1n) is 7.10. The highest BCUT2D eigenvalue weighted by Gasteiger charge is 2.36. The predicted octanol–water partition coefficient (Wildman–Crippen LogP) is 4.85. The summed E-state index contributed by atoms with van der Waals surface area (Å²) >= 11 is 12.3. The topological polar surface area (TPSA) is 63.6 Å². The van der Waals surface area contributed by atoms with Crippen molar-refractivity contribution in [3.8, 4) is 5.75 Å². The number of Topliss-reactive ketones (excluding diaryl/α,β-unsaturated/α-hetero) is 1. The zero-order valence-electron chi connectivity index (χ0n) is 13.6. The number of aliphatic carboxylic acids is 1. The minimum Gasteiger partial charge on any atom is -0.481 e. The highest BCUT2D eigenvalue weighted by atomic mass is 35.5. The average molecular weight is 375 g/mol. The van der Waals surface area contributed by atoms with E-state index in [0.717, 1.165) is 0 Å². The maximum Gasteiger partial charge on any atom is 0.340 e. The van der Waals surface area contributed by atoms with Crippen LogP contribution in [0, 0.1) is 0 Å². The van der Waals surface area contributed by atoms with Crippen molar-refractivity contribution in [1.29, 1.82) is 0 Å². The molecule has 1 rings (SSSR count). The number of hydrogen-bond acceptors (Lipinski definition) is 3. The van der Waals surface area contributed by atoms with Crippen LogP contribution >= 0.6 is 23.2 Å². The SMILES string of the molecule is C=C(CC)C(=O)c1ccc(OC(C(=O)O)[Si](C)(C)C)c(Cl)c1Cl. The summed E-state index contributed by atoms with van der Waals surface area (Å²) in [5.74, 6) is -1.17. The number of carboxylic acid groups (broad SMARTS) is 1. The third-order valence-electron chi connectivity index (χ3n) is 3.30. The molecule has 0 spiro atoms. The maximum absolute atomic E-state index is 12.2. The maximum atomic E-state index is 12.2. The van der Waals surface area contributed by atoms with Gasteiger partial charge in [0.25, 0.3) is 0 Å². The van der Waals surface area contributed by atoms with E-state index in [1.165, 1.54) is 12.1 Å². The minimum absolute atomic E-state index is 0.0333. The summed E-state index contributed by atoms with van der Waals surface area (Å²) < 4.78 is 5.59. The van der Waals surface area contributed by atoms with Crippen molar-refractivity contribution >= 4 is 43.0 Å². The summed E-state index contributed by atoms with van der Waals surface area (Å²) in [6.07, 6.45) is 0.502. The van der Waals surface area contributed by atoms with Crippen LogP contribution in [0.4, 0.5) is 0 Å². The Labute approximate surface area is 147 Å². The number of hydrogen-bond donors (Lipinski definition) is 1. The third kappa shape index (κ3) is 4.59.